The minimum absolute atomic E-state index is 0.239. The van der Waals surface area contributed by atoms with Gasteiger partial charge in [-0.3, -0.25) is 14.4 Å². The zero-order chi connectivity index (χ0) is 19.2. The Morgan fingerprint density at radius 3 is 2.22 bits per heavy atom. The number of hydrogen-bond donors (Lipinski definition) is 3. The number of furan rings is 1. The Bertz CT molecular complexity index is 963. The lowest BCUT2D eigenvalue weighted by molar-refractivity contribution is 0.0947. The van der Waals surface area contributed by atoms with Gasteiger partial charge >= 0.3 is 0 Å². The fraction of sp³-hybridized carbons (Fsp3) is 0.0500. The van der Waals surface area contributed by atoms with Crippen LogP contribution < -0.4 is 16.4 Å². The van der Waals surface area contributed by atoms with Gasteiger partial charge < -0.3 is 20.8 Å². The highest BCUT2D eigenvalue weighted by Gasteiger charge is 2.14. The van der Waals surface area contributed by atoms with Gasteiger partial charge in [-0.1, -0.05) is 12.1 Å². The summed E-state index contributed by atoms with van der Waals surface area (Å²) in [5.74, 6) is -0.691. The van der Waals surface area contributed by atoms with E-state index < -0.39 is 11.8 Å². The molecule has 7 nitrogen and oxygen atoms in total. The predicted octanol–water partition coefficient (Wildman–Crippen LogP) is 2.56. The van der Waals surface area contributed by atoms with E-state index in [1.165, 1.54) is 30.5 Å². The third-order valence-electron chi connectivity index (χ3n) is 3.85. The molecule has 1 heterocycles. The molecule has 2 aromatic carbocycles. The zero-order valence-electron chi connectivity index (χ0n) is 14.3. The number of anilines is 1. The smallest absolute Gasteiger partial charge is 0.255 e. The Balaban J connectivity index is 1.72. The van der Waals surface area contributed by atoms with Gasteiger partial charge in [0.05, 0.1) is 24.1 Å². The Kier molecular flexibility index (Phi) is 5.32. The van der Waals surface area contributed by atoms with Crippen molar-refractivity contribution in [1.82, 2.24) is 5.32 Å². The number of benzene rings is 2. The number of para-hydroxylation sites is 1. The van der Waals surface area contributed by atoms with Crippen molar-refractivity contribution >= 4 is 23.4 Å². The number of amides is 3. The van der Waals surface area contributed by atoms with Crippen LogP contribution in [0.5, 0.6) is 0 Å². The predicted molar refractivity (Wildman–Crippen MR) is 99.2 cm³/mol. The topological polar surface area (TPSA) is 114 Å². The van der Waals surface area contributed by atoms with E-state index >= 15 is 0 Å². The van der Waals surface area contributed by atoms with Crippen LogP contribution >= 0.6 is 0 Å². The normalized spacial score (nSPS) is 10.2. The van der Waals surface area contributed by atoms with Crippen molar-refractivity contribution in [3.63, 3.8) is 0 Å². The van der Waals surface area contributed by atoms with E-state index in [1.807, 2.05) is 0 Å². The maximum Gasteiger partial charge on any atom is 0.255 e. The van der Waals surface area contributed by atoms with Crippen LogP contribution in [0, 0.1) is 0 Å². The molecule has 0 aliphatic rings. The summed E-state index contributed by atoms with van der Waals surface area (Å²) in [5.41, 5.74) is 6.54. The summed E-state index contributed by atoms with van der Waals surface area (Å²) in [5, 5.41) is 5.45. The molecular weight excluding hydrogens is 346 g/mol. The molecule has 1 aromatic heterocycles. The summed E-state index contributed by atoms with van der Waals surface area (Å²) in [6.45, 7) is 0.239. The van der Waals surface area contributed by atoms with Crippen LogP contribution in [0.3, 0.4) is 0 Å². The first-order chi connectivity index (χ1) is 13.0. The van der Waals surface area contributed by atoms with Gasteiger partial charge in [0.2, 0.25) is 5.91 Å². The highest BCUT2D eigenvalue weighted by Crippen LogP contribution is 2.17. The number of rotatable bonds is 6. The van der Waals surface area contributed by atoms with Crippen molar-refractivity contribution in [3.05, 3.63) is 89.4 Å². The Morgan fingerprint density at radius 1 is 0.852 bits per heavy atom. The lowest BCUT2D eigenvalue weighted by atomic mass is 10.1. The largest absolute Gasteiger partial charge is 0.467 e. The molecule has 0 saturated carbocycles. The molecule has 3 amide bonds. The van der Waals surface area contributed by atoms with E-state index in [2.05, 4.69) is 10.6 Å². The van der Waals surface area contributed by atoms with E-state index in [1.54, 1.807) is 36.4 Å². The monoisotopic (exact) mass is 363 g/mol. The van der Waals surface area contributed by atoms with Gasteiger partial charge in [-0.25, -0.2) is 0 Å². The number of primary amides is 1. The highest BCUT2D eigenvalue weighted by molar-refractivity contribution is 6.09. The molecule has 3 rings (SSSR count). The van der Waals surface area contributed by atoms with Gasteiger partial charge in [0.15, 0.2) is 0 Å². The van der Waals surface area contributed by atoms with Gasteiger partial charge in [-0.15, -0.1) is 0 Å². The summed E-state index contributed by atoms with van der Waals surface area (Å²) in [6.07, 6.45) is 1.53. The SMILES string of the molecule is NC(=O)c1ccc(C(=O)Nc2ccccc2C(=O)NCc2ccco2)cc1. The van der Waals surface area contributed by atoms with E-state index in [4.69, 9.17) is 10.2 Å². The number of nitrogens with one attached hydrogen (secondary N) is 2. The third-order valence-corrected chi connectivity index (χ3v) is 3.85. The fourth-order valence-corrected chi connectivity index (χ4v) is 2.45. The minimum atomic E-state index is -0.569. The van der Waals surface area contributed by atoms with Crippen LogP contribution in [0.15, 0.2) is 71.3 Å². The number of carbonyl (C=O) groups excluding carboxylic acids is 3. The van der Waals surface area contributed by atoms with E-state index in [9.17, 15) is 14.4 Å². The van der Waals surface area contributed by atoms with Gasteiger partial charge in [0, 0.05) is 11.1 Å². The maximum absolute atomic E-state index is 12.4. The lowest BCUT2D eigenvalue weighted by Crippen LogP contribution is -2.24. The van der Waals surface area contributed by atoms with E-state index in [0.717, 1.165) is 0 Å². The second-order valence-electron chi connectivity index (χ2n) is 5.70. The molecule has 0 spiro atoms. The average Bonchev–Trinajstić information content (AvgIpc) is 3.20. The van der Waals surface area contributed by atoms with Crippen molar-refractivity contribution in [2.45, 2.75) is 6.54 Å². The zero-order valence-corrected chi connectivity index (χ0v) is 14.3. The molecule has 0 aliphatic heterocycles. The first-order valence-electron chi connectivity index (χ1n) is 8.15. The Morgan fingerprint density at radius 2 is 1.56 bits per heavy atom. The molecule has 4 N–H and O–H groups in total. The van der Waals surface area contributed by atoms with Crippen LogP contribution in [-0.4, -0.2) is 17.7 Å². The van der Waals surface area contributed by atoms with Gasteiger partial charge in [-0.05, 0) is 48.5 Å². The molecule has 3 aromatic rings. The standard InChI is InChI=1S/C20H17N3O4/c21-18(24)13-7-9-14(10-8-13)19(25)23-17-6-2-1-5-16(17)20(26)22-12-15-4-3-11-27-15/h1-11H,12H2,(H2,21,24)(H,22,26)(H,23,25). The molecule has 27 heavy (non-hydrogen) atoms. The molecule has 0 unspecified atom stereocenters. The van der Waals surface area contributed by atoms with Crippen LogP contribution in [-0.2, 0) is 6.54 Å². The highest BCUT2D eigenvalue weighted by atomic mass is 16.3. The molecule has 0 atom stereocenters. The lowest BCUT2D eigenvalue weighted by Gasteiger charge is -2.11. The number of nitrogens with two attached hydrogens (primary N) is 1. The Labute approximate surface area is 155 Å². The van der Waals surface area contributed by atoms with Crippen molar-refractivity contribution < 1.29 is 18.8 Å². The molecule has 0 aliphatic carbocycles. The summed E-state index contributed by atoms with van der Waals surface area (Å²) >= 11 is 0. The minimum Gasteiger partial charge on any atom is -0.467 e. The van der Waals surface area contributed by atoms with Crippen molar-refractivity contribution in [1.29, 1.82) is 0 Å². The van der Waals surface area contributed by atoms with Crippen molar-refractivity contribution in [2.24, 2.45) is 5.73 Å². The van der Waals surface area contributed by atoms with Gasteiger partial charge in [0.1, 0.15) is 5.76 Å². The maximum atomic E-state index is 12.4. The molecule has 0 saturated heterocycles. The first-order valence-corrected chi connectivity index (χ1v) is 8.15. The molecule has 7 heteroatoms. The molecule has 0 fully saturated rings. The third kappa shape index (κ3) is 4.40. The average molecular weight is 363 g/mol. The van der Waals surface area contributed by atoms with Crippen LogP contribution in [0.2, 0.25) is 0 Å². The second kappa shape index (κ2) is 8.01. The molecular formula is C20H17N3O4. The Hall–Kier alpha value is -3.87. The molecule has 0 radical (unpaired) electrons. The van der Waals surface area contributed by atoms with E-state index in [-0.39, 0.29) is 12.5 Å². The van der Waals surface area contributed by atoms with Gasteiger partial charge in [0.25, 0.3) is 11.8 Å². The summed E-state index contributed by atoms with van der Waals surface area (Å²) in [7, 11) is 0. The van der Waals surface area contributed by atoms with Crippen LogP contribution in [0.1, 0.15) is 36.8 Å². The van der Waals surface area contributed by atoms with Crippen molar-refractivity contribution in [3.8, 4) is 0 Å². The van der Waals surface area contributed by atoms with Crippen LogP contribution in [0.25, 0.3) is 0 Å². The van der Waals surface area contributed by atoms with Crippen LogP contribution in [0.4, 0.5) is 5.69 Å². The molecule has 0 bridgehead atoms. The van der Waals surface area contributed by atoms with Crippen molar-refractivity contribution in [2.75, 3.05) is 5.32 Å². The fourth-order valence-electron chi connectivity index (χ4n) is 2.45. The summed E-state index contributed by atoms with van der Waals surface area (Å²) in [4.78, 5) is 36.0. The second-order valence-corrected chi connectivity index (χ2v) is 5.70. The number of carbonyl (C=O) groups is 3. The summed E-state index contributed by atoms with van der Waals surface area (Å²) in [6, 6.07) is 16.1. The summed E-state index contributed by atoms with van der Waals surface area (Å²) < 4.78 is 5.18. The quantitative estimate of drug-likeness (QED) is 0.624. The molecule has 136 valence electrons. The number of hydrogen-bond acceptors (Lipinski definition) is 4. The van der Waals surface area contributed by atoms with E-state index in [0.29, 0.717) is 28.1 Å². The first kappa shape index (κ1) is 17.9. The van der Waals surface area contributed by atoms with Gasteiger partial charge in [-0.2, -0.15) is 0 Å².